The highest BCUT2D eigenvalue weighted by Crippen LogP contribution is 2.26. The smallest absolute Gasteiger partial charge is 0.411 e. The fraction of sp³-hybridized carbons (Fsp3) is 0.609. The van der Waals surface area contributed by atoms with E-state index in [-0.39, 0.29) is 56.4 Å². The fourth-order valence-corrected chi connectivity index (χ4v) is 9.14. The Balaban J connectivity index is 0.00000363. The third kappa shape index (κ3) is 12.3. The second-order valence-electron chi connectivity index (χ2n) is 18.0. The standard InChI is InChI=1S/C45H61FN8O6.CH4.H2S/c1-45(2,3)60-44(59)54(34-9-5-4-6-10-34)31-41(56)51-21-19-50(20-22-51)29-32-15-17-49(18-16-32)30-40(55)52-23-25-53(26-24-52)43(58)37-27-33(13-14-38(37)46)28-39-35-11-7-8-12-36(35)42(57)48-47-39;;/h7-8,11-14,27,32,34H,4-6,9-10,15-26,28-31H2,1-3H3,(H,48,57);1H4;1H2. The maximum Gasteiger partial charge on any atom is 0.411 e. The van der Waals surface area contributed by atoms with Gasteiger partial charge in [0.1, 0.15) is 18.0 Å². The molecule has 4 heterocycles. The number of halogens is 1. The minimum Gasteiger partial charge on any atom is -0.444 e. The van der Waals surface area contributed by atoms with Crippen molar-refractivity contribution in [2.24, 2.45) is 5.92 Å². The molecule has 340 valence electrons. The number of rotatable bonds is 10. The van der Waals surface area contributed by atoms with Crippen molar-refractivity contribution in [3.05, 3.63) is 75.5 Å². The number of hydrogen-bond donors (Lipinski definition) is 1. The van der Waals surface area contributed by atoms with Crippen molar-refractivity contribution < 1.29 is 28.3 Å². The van der Waals surface area contributed by atoms with E-state index in [1.807, 2.05) is 37.8 Å². The molecule has 16 heteroatoms. The molecule has 3 saturated heterocycles. The predicted octanol–water partition coefficient (Wildman–Crippen LogP) is 5.11. The second kappa shape index (κ2) is 21.7. The number of carbonyl (C=O) groups excluding carboxylic acids is 4. The molecule has 1 saturated carbocycles. The lowest BCUT2D eigenvalue weighted by Crippen LogP contribution is -2.55. The van der Waals surface area contributed by atoms with E-state index >= 15 is 4.39 Å². The summed E-state index contributed by atoms with van der Waals surface area (Å²) in [6.45, 7) is 13.0. The summed E-state index contributed by atoms with van der Waals surface area (Å²) >= 11 is 0. The second-order valence-corrected chi connectivity index (χ2v) is 18.0. The van der Waals surface area contributed by atoms with Gasteiger partial charge in [-0.15, -0.1) is 0 Å². The number of ether oxygens (including phenoxy) is 1. The third-order valence-electron chi connectivity index (χ3n) is 12.6. The molecule has 4 amide bonds. The van der Waals surface area contributed by atoms with Gasteiger partial charge in [-0.3, -0.25) is 33.9 Å². The van der Waals surface area contributed by atoms with E-state index in [1.165, 1.54) is 6.07 Å². The summed E-state index contributed by atoms with van der Waals surface area (Å²) < 4.78 is 20.7. The number of piperazine rings is 2. The minimum absolute atomic E-state index is 0. The van der Waals surface area contributed by atoms with Gasteiger partial charge in [0.2, 0.25) is 11.8 Å². The molecule has 14 nitrogen and oxygen atoms in total. The van der Waals surface area contributed by atoms with Crippen LogP contribution in [0.2, 0.25) is 0 Å². The number of nitrogens with one attached hydrogen (secondary N) is 1. The van der Waals surface area contributed by atoms with Crippen molar-refractivity contribution in [1.82, 2.24) is 39.6 Å². The van der Waals surface area contributed by atoms with Crippen LogP contribution in [0.1, 0.15) is 94.8 Å². The molecule has 7 rings (SSSR count). The van der Waals surface area contributed by atoms with E-state index < -0.39 is 23.4 Å². The number of amides is 4. The van der Waals surface area contributed by atoms with E-state index in [4.69, 9.17) is 4.74 Å². The number of carbonyl (C=O) groups is 4. The number of piperidine rings is 1. The molecule has 1 N–H and O–H groups in total. The number of aromatic nitrogens is 2. The maximum atomic E-state index is 15.0. The molecule has 0 bridgehead atoms. The first kappa shape index (κ1) is 48.5. The monoisotopic (exact) mass is 878 g/mol. The molecule has 2 aromatic carbocycles. The van der Waals surface area contributed by atoms with Crippen molar-refractivity contribution in [3.63, 3.8) is 0 Å². The average molecular weight is 879 g/mol. The van der Waals surface area contributed by atoms with Gasteiger partial charge < -0.3 is 19.4 Å². The van der Waals surface area contributed by atoms with Gasteiger partial charge in [0, 0.05) is 76.8 Å². The van der Waals surface area contributed by atoms with Gasteiger partial charge in [-0.05, 0) is 89.2 Å². The molecule has 62 heavy (non-hydrogen) atoms. The van der Waals surface area contributed by atoms with Crippen LogP contribution in [-0.2, 0) is 20.7 Å². The first-order valence-corrected chi connectivity index (χ1v) is 21.8. The lowest BCUT2D eigenvalue weighted by atomic mass is 9.94. The minimum atomic E-state index is -0.617. The van der Waals surface area contributed by atoms with Crippen LogP contribution in [0.25, 0.3) is 10.8 Å². The van der Waals surface area contributed by atoms with Crippen LogP contribution >= 0.6 is 13.5 Å². The quantitative estimate of drug-likeness (QED) is 0.294. The summed E-state index contributed by atoms with van der Waals surface area (Å²) in [6.07, 6.45) is 7.03. The predicted molar refractivity (Wildman–Crippen MR) is 243 cm³/mol. The molecular formula is C46H67FN8O6S. The Morgan fingerprint density at radius 2 is 1.40 bits per heavy atom. The Labute approximate surface area is 372 Å². The lowest BCUT2D eigenvalue weighted by molar-refractivity contribution is -0.135. The van der Waals surface area contributed by atoms with Crippen LogP contribution in [0, 0.1) is 11.7 Å². The van der Waals surface area contributed by atoms with E-state index in [1.54, 1.807) is 39.0 Å². The Kier molecular flexibility index (Phi) is 17.0. The molecule has 0 spiro atoms. The van der Waals surface area contributed by atoms with Crippen molar-refractivity contribution in [3.8, 4) is 0 Å². The summed E-state index contributed by atoms with van der Waals surface area (Å²) in [5, 5.41) is 7.98. The number of benzene rings is 2. The van der Waals surface area contributed by atoms with E-state index in [9.17, 15) is 24.0 Å². The number of fused-ring (bicyclic) bond motifs is 1. The molecule has 4 fully saturated rings. The summed E-state index contributed by atoms with van der Waals surface area (Å²) in [5.74, 6) is -0.452. The molecule has 0 unspecified atom stereocenters. The van der Waals surface area contributed by atoms with Gasteiger partial charge in [0.05, 0.1) is 23.2 Å². The van der Waals surface area contributed by atoms with Crippen LogP contribution in [0.5, 0.6) is 0 Å². The highest BCUT2D eigenvalue weighted by molar-refractivity contribution is 7.59. The molecule has 4 aliphatic rings. The molecule has 1 aliphatic carbocycles. The molecule has 0 atom stereocenters. The Hall–Kier alpha value is -4.54. The van der Waals surface area contributed by atoms with Crippen LogP contribution in [0.3, 0.4) is 0 Å². The first-order valence-electron chi connectivity index (χ1n) is 21.8. The number of hydrogen-bond acceptors (Lipinski definition) is 9. The summed E-state index contributed by atoms with van der Waals surface area (Å²) in [7, 11) is 0. The van der Waals surface area contributed by atoms with Crippen molar-refractivity contribution >= 4 is 48.1 Å². The van der Waals surface area contributed by atoms with E-state index in [0.29, 0.717) is 80.2 Å². The van der Waals surface area contributed by atoms with Crippen LogP contribution < -0.4 is 5.56 Å². The molecule has 3 aliphatic heterocycles. The average Bonchev–Trinajstić information content (AvgIpc) is 3.25. The highest BCUT2D eigenvalue weighted by Gasteiger charge is 2.34. The SMILES string of the molecule is C.CC(C)(C)OC(=O)N(CC(=O)N1CCN(CC2CCN(CC(=O)N3CCN(C(=O)c4cc(Cc5n[nH]c(=O)c6ccccc56)ccc4F)CC3)CC2)CC1)C1CCCCC1.S. The Bertz CT molecular complexity index is 2070. The number of aromatic amines is 1. The lowest BCUT2D eigenvalue weighted by Gasteiger charge is -2.40. The van der Waals surface area contributed by atoms with Crippen molar-refractivity contribution in [2.45, 2.75) is 91.2 Å². The number of nitrogens with zero attached hydrogens (tertiary/aromatic N) is 7. The van der Waals surface area contributed by atoms with Gasteiger partial charge in [0.15, 0.2) is 0 Å². The maximum absolute atomic E-state index is 15.0. The summed E-state index contributed by atoms with van der Waals surface area (Å²) in [5.41, 5.74) is 0.415. The topological polar surface area (TPSA) is 143 Å². The Morgan fingerprint density at radius 1 is 0.790 bits per heavy atom. The zero-order valence-electron chi connectivity index (χ0n) is 36.0. The third-order valence-corrected chi connectivity index (χ3v) is 12.6. The zero-order valence-corrected chi connectivity index (χ0v) is 37.0. The van der Waals surface area contributed by atoms with E-state index in [2.05, 4.69) is 20.0 Å². The first-order chi connectivity index (χ1) is 28.8. The van der Waals surface area contributed by atoms with Crippen LogP contribution in [0.15, 0.2) is 47.3 Å². The molecule has 3 aromatic rings. The van der Waals surface area contributed by atoms with Crippen molar-refractivity contribution in [2.75, 3.05) is 85.1 Å². The van der Waals surface area contributed by atoms with Crippen LogP contribution in [0.4, 0.5) is 9.18 Å². The summed E-state index contributed by atoms with van der Waals surface area (Å²) in [6, 6.07) is 11.7. The number of H-pyrrole nitrogens is 1. The van der Waals surface area contributed by atoms with Gasteiger partial charge in [-0.2, -0.15) is 18.6 Å². The molecule has 0 radical (unpaired) electrons. The Morgan fingerprint density at radius 3 is 2.06 bits per heavy atom. The number of likely N-dealkylation sites (tertiary alicyclic amines) is 1. The molecule has 1 aromatic heterocycles. The summed E-state index contributed by atoms with van der Waals surface area (Å²) in [4.78, 5) is 77.4. The van der Waals surface area contributed by atoms with Gasteiger partial charge in [0.25, 0.3) is 11.5 Å². The highest BCUT2D eigenvalue weighted by atomic mass is 32.1. The van der Waals surface area contributed by atoms with Crippen LogP contribution in [-0.4, -0.2) is 160 Å². The van der Waals surface area contributed by atoms with Crippen molar-refractivity contribution in [1.29, 1.82) is 0 Å². The fourth-order valence-electron chi connectivity index (χ4n) is 9.14. The van der Waals surface area contributed by atoms with Gasteiger partial charge in [-0.1, -0.05) is 51.0 Å². The van der Waals surface area contributed by atoms with E-state index in [0.717, 1.165) is 77.7 Å². The normalized spacial score (nSPS) is 18.5. The molecular weight excluding hydrogens is 812 g/mol. The largest absolute Gasteiger partial charge is 0.444 e. The zero-order chi connectivity index (χ0) is 42.4. The van der Waals surface area contributed by atoms with Gasteiger partial charge in [-0.25, -0.2) is 14.3 Å². The van der Waals surface area contributed by atoms with Gasteiger partial charge >= 0.3 is 6.09 Å².